The molecule has 0 aliphatic rings. The number of H-pyrrole nitrogens is 1. The minimum Gasteiger partial charge on any atom is -0.488 e. The van der Waals surface area contributed by atoms with Crippen molar-refractivity contribution in [3.8, 4) is 5.75 Å². The number of nitrogens with one attached hydrogen (secondary N) is 2. The first kappa shape index (κ1) is 18.1. The molecule has 0 aliphatic carbocycles. The SMILES string of the molecule is Cc1[nH]c2ccccc2c1OCC(O)CNC(C)CCN=C(N)N. The molecule has 1 aromatic heterocycles. The van der Waals surface area contributed by atoms with Crippen molar-refractivity contribution in [2.75, 3.05) is 19.7 Å². The van der Waals surface area contributed by atoms with E-state index in [1.165, 1.54) is 0 Å². The molecule has 7 nitrogen and oxygen atoms in total. The molecule has 0 fully saturated rings. The van der Waals surface area contributed by atoms with Crippen LogP contribution in [0.1, 0.15) is 19.0 Å². The number of hydrogen-bond donors (Lipinski definition) is 5. The molecule has 0 aliphatic heterocycles. The Balaban J connectivity index is 1.77. The van der Waals surface area contributed by atoms with Crippen LogP contribution in [0.5, 0.6) is 5.75 Å². The molecule has 7 heteroatoms. The summed E-state index contributed by atoms with van der Waals surface area (Å²) in [4.78, 5) is 7.22. The molecule has 0 radical (unpaired) electrons. The number of para-hydroxylation sites is 1. The zero-order valence-corrected chi connectivity index (χ0v) is 14.2. The van der Waals surface area contributed by atoms with Gasteiger partial charge in [0.25, 0.3) is 0 Å². The second-order valence-corrected chi connectivity index (χ2v) is 5.99. The Kier molecular flexibility index (Phi) is 6.45. The van der Waals surface area contributed by atoms with E-state index in [4.69, 9.17) is 16.2 Å². The van der Waals surface area contributed by atoms with Crippen LogP contribution in [0.2, 0.25) is 0 Å². The third-order valence-electron chi connectivity index (χ3n) is 3.81. The van der Waals surface area contributed by atoms with Crippen LogP contribution >= 0.6 is 0 Å². The van der Waals surface area contributed by atoms with E-state index in [9.17, 15) is 5.11 Å². The van der Waals surface area contributed by atoms with Crippen LogP contribution in [0.15, 0.2) is 29.3 Å². The fourth-order valence-electron chi connectivity index (χ4n) is 2.50. The smallest absolute Gasteiger partial charge is 0.185 e. The lowest BCUT2D eigenvalue weighted by molar-refractivity contribution is 0.104. The molecular formula is C17H27N5O2. The van der Waals surface area contributed by atoms with Crippen molar-refractivity contribution in [1.29, 1.82) is 0 Å². The third-order valence-corrected chi connectivity index (χ3v) is 3.81. The molecule has 2 unspecified atom stereocenters. The summed E-state index contributed by atoms with van der Waals surface area (Å²) >= 11 is 0. The summed E-state index contributed by atoms with van der Waals surface area (Å²) in [6.45, 7) is 5.24. The maximum atomic E-state index is 10.1. The summed E-state index contributed by atoms with van der Waals surface area (Å²) in [6.07, 6.45) is 0.205. The Labute approximate surface area is 142 Å². The number of aliphatic imine (C=N–C) groups is 1. The monoisotopic (exact) mass is 333 g/mol. The van der Waals surface area contributed by atoms with Gasteiger partial charge >= 0.3 is 0 Å². The zero-order valence-electron chi connectivity index (χ0n) is 14.2. The molecule has 1 heterocycles. The zero-order chi connectivity index (χ0) is 17.5. The van der Waals surface area contributed by atoms with Crippen molar-refractivity contribution in [1.82, 2.24) is 10.3 Å². The minimum atomic E-state index is -0.594. The largest absolute Gasteiger partial charge is 0.488 e. The van der Waals surface area contributed by atoms with Gasteiger partial charge in [-0.1, -0.05) is 12.1 Å². The summed E-state index contributed by atoms with van der Waals surface area (Å²) in [6, 6.07) is 8.16. The van der Waals surface area contributed by atoms with Gasteiger partial charge in [0.15, 0.2) is 5.96 Å². The van der Waals surface area contributed by atoms with Crippen molar-refractivity contribution in [3.63, 3.8) is 0 Å². The second-order valence-electron chi connectivity index (χ2n) is 5.99. The van der Waals surface area contributed by atoms with Crippen molar-refractivity contribution < 1.29 is 9.84 Å². The average molecular weight is 333 g/mol. The number of ether oxygens (including phenoxy) is 1. The highest BCUT2D eigenvalue weighted by Crippen LogP contribution is 2.29. The van der Waals surface area contributed by atoms with Crippen LogP contribution < -0.4 is 21.5 Å². The summed E-state index contributed by atoms with van der Waals surface area (Å²) < 4.78 is 5.82. The standard InChI is InChI=1S/C17H27N5O2/c1-11(7-8-20-17(18)19)21-9-13(23)10-24-16-12(2)22-15-6-4-3-5-14(15)16/h3-6,11,13,21-23H,7-10H2,1-2H3,(H4,18,19,20). The van der Waals surface area contributed by atoms with Crippen LogP contribution in [-0.2, 0) is 0 Å². The van der Waals surface area contributed by atoms with Crippen LogP contribution in [0.25, 0.3) is 10.9 Å². The van der Waals surface area contributed by atoms with E-state index in [1.807, 2.05) is 38.1 Å². The molecule has 7 N–H and O–H groups in total. The van der Waals surface area contributed by atoms with Gasteiger partial charge in [-0.2, -0.15) is 0 Å². The molecule has 1 aromatic carbocycles. The van der Waals surface area contributed by atoms with Gasteiger partial charge in [0, 0.05) is 30.0 Å². The Bertz CT molecular complexity index is 679. The first-order chi connectivity index (χ1) is 11.5. The van der Waals surface area contributed by atoms with Gasteiger partial charge in [-0.3, -0.25) is 4.99 Å². The molecule has 0 spiro atoms. The number of nitrogens with two attached hydrogens (primary N) is 2. The predicted molar refractivity (Wildman–Crippen MR) is 97.3 cm³/mol. The lowest BCUT2D eigenvalue weighted by Gasteiger charge is -2.17. The van der Waals surface area contributed by atoms with E-state index < -0.39 is 6.10 Å². The van der Waals surface area contributed by atoms with Crippen LogP contribution in [0, 0.1) is 6.92 Å². The van der Waals surface area contributed by atoms with E-state index in [0.29, 0.717) is 13.1 Å². The molecule has 24 heavy (non-hydrogen) atoms. The second kappa shape index (κ2) is 8.56. The maximum absolute atomic E-state index is 10.1. The van der Waals surface area contributed by atoms with Gasteiger partial charge in [-0.25, -0.2) is 0 Å². The first-order valence-electron chi connectivity index (χ1n) is 8.14. The fourth-order valence-corrected chi connectivity index (χ4v) is 2.50. The summed E-state index contributed by atoms with van der Waals surface area (Å²) in [5.41, 5.74) is 12.6. The van der Waals surface area contributed by atoms with E-state index in [-0.39, 0.29) is 18.6 Å². The fraction of sp³-hybridized carbons (Fsp3) is 0.471. The number of aliphatic hydroxyl groups is 1. The van der Waals surface area contributed by atoms with Gasteiger partial charge in [-0.05, 0) is 32.4 Å². The number of fused-ring (bicyclic) bond motifs is 1. The number of guanidine groups is 1. The van der Waals surface area contributed by atoms with E-state index in [1.54, 1.807) is 0 Å². The number of hydrogen-bond acceptors (Lipinski definition) is 4. The molecule has 132 valence electrons. The first-order valence-corrected chi connectivity index (χ1v) is 8.14. The Morgan fingerprint density at radius 1 is 1.38 bits per heavy atom. The van der Waals surface area contributed by atoms with Gasteiger partial charge in [-0.15, -0.1) is 0 Å². The lowest BCUT2D eigenvalue weighted by Crippen LogP contribution is -2.37. The van der Waals surface area contributed by atoms with Crippen LogP contribution in [-0.4, -0.2) is 47.9 Å². The Morgan fingerprint density at radius 3 is 2.88 bits per heavy atom. The molecule has 0 bridgehead atoms. The van der Waals surface area contributed by atoms with Crippen molar-refractivity contribution >= 4 is 16.9 Å². The van der Waals surface area contributed by atoms with Crippen molar-refractivity contribution in [3.05, 3.63) is 30.0 Å². The maximum Gasteiger partial charge on any atom is 0.185 e. The minimum absolute atomic E-state index is 0.102. The summed E-state index contributed by atoms with van der Waals surface area (Å²) in [7, 11) is 0. The molecule has 0 saturated carbocycles. The van der Waals surface area contributed by atoms with E-state index in [2.05, 4.69) is 15.3 Å². The molecular weight excluding hydrogens is 306 g/mol. The Hall–Kier alpha value is -2.25. The Morgan fingerprint density at radius 2 is 2.12 bits per heavy atom. The lowest BCUT2D eigenvalue weighted by atomic mass is 10.2. The topological polar surface area (TPSA) is 122 Å². The van der Waals surface area contributed by atoms with Crippen LogP contribution in [0.4, 0.5) is 0 Å². The highest BCUT2D eigenvalue weighted by molar-refractivity contribution is 5.87. The van der Waals surface area contributed by atoms with Crippen molar-refractivity contribution in [2.24, 2.45) is 16.5 Å². The average Bonchev–Trinajstić information content (AvgIpc) is 2.86. The molecule has 0 saturated heterocycles. The highest BCUT2D eigenvalue weighted by atomic mass is 16.5. The number of aromatic nitrogens is 1. The number of nitrogens with zero attached hydrogens (tertiary/aromatic N) is 1. The summed E-state index contributed by atoms with van der Waals surface area (Å²) in [5.74, 6) is 0.898. The number of aliphatic hydroxyl groups excluding tert-OH is 1. The normalized spacial score (nSPS) is 13.6. The van der Waals surface area contributed by atoms with Crippen molar-refractivity contribution in [2.45, 2.75) is 32.4 Å². The third kappa shape index (κ3) is 5.14. The van der Waals surface area contributed by atoms with Gasteiger partial charge in [0.1, 0.15) is 18.5 Å². The number of aromatic amines is 1. The predicted octanol–water partition coefficient (Wildman–Crippen LogP) is 0.858. The highest BCUT2D eigenvalue weighted by Gasteiger charge is 2.12. The van der Waals surface area contributed by atoms with Gasteiger partial charge < -0.3 is 31.6 Å². The van der Waals surface area contributed by atoms with Gasteiger partial charge in [0.05, 0.1) is 5.69 Å². The number of rotatable bonds is 9. The van der Waals surface area contributed by atoms with Gasteiger partial charge in [0.2, 0.25) is 0 Å². The van der Waals surface area contributed by atoms with E-state index >= 15 is 0 Å². The number of benzene rings is 1. The molecule has 2 rings (SSSR count). The number of aryl methyl sites for hydroxylation is 1. The molecule has 2 atom stereocenters. The quantitative estimate of drug-likeness (QED) is 0.344. The molecule has 0 amide bonds. The summed E-state index contributed by atoms with van der Waals surface area (Å²) in [5, 5.41) is 14.4. The molecule has 2 aromatic rings. The van der Waals surface area contributed by atoms with Crippen LogP contribution in [0.3, 0.4) is 0 Å². The van der Waals surface area contributed by atoms with E-state index in [0.717, 1.165) is 28.8 Å².